The Morgan fingerprint density at radius 1 is 1.10 bits per heavy atom. The molecule has 1 aromatic heterocycles. The smallest absolute Gasteiger partial charge is 0.299 e. The minimum atomic E-state index is 0.296. The molecule has 5 nitrogen and oxygen atoms in total. The van der Waals surface area contributed by atoms with E-state index in [0.717, 1.165) is 16.8 Å². The standard InChI is InChI=1S/C24H25N3O2S/c28-17-29-23(15-18-7-3-1-4-8-18)26-27-24-25-22(16-30-24)21-13-11-20(12-14-21)19-9-5-2-6-10-19/h1,3-4,7-8,11-14,16-17,19H,2,5-6,9-10,15H2,(H,25,27)/b26-23+. The predicted octanol–water partition coefficient (Wildman–Crippen LogP) is 6.00. The molecule has 30 heavy (non-hydrogen) atoms. The van der Waals surface area contributed by atoms with Gasteiger partial charge in [-0.05, 0) is 29.9 Å². The number of thiazole rings is 1. The van der Waals surface area contributed by atoms with Gasteiger partial charge in [0.1, 0.15) is 0 Å². The first-order valence-electron chi connectivity index (χ1n) is 10.3. The number of hydrazone groups is 1. The number of ether oxygens (including phenoxy) is 1. The minimum absolute atomic E-state index is 0.296. The van der Waals surface area contributed by atoms with E-state index in [2.05, 4.69) is 39.8 Å². The highest BCUT2D eigenvalue weighted by Gasteiger charge is 2.15. The highest BCUT2D eigenvalue weighted by atomic mass is 32.1. The lowest BCUT2D eigenvalue weighted by atomic mass is 9.84. The summed E-state index contributed by atoms with van der Waals surface area (Å²) in [6, 6.07) is 18.5. The second-order valence-electron chi connectivity index (χ2n) is 7.49. The predicted molar refractivity (Wildman–Crippen MR) is 122 cm³/mol. The van der Waals surface area contributed by atoms with Gasteiger partial charge in [0.2, 0.25) is 11.0 Å². The Kier molecular flexibility index (Phi) is 6.87. The average molecular weight is 420 g/mol. The monoisotopic (exact) mass is 419 g/mol. The highest BCUT2D eigenvalue weighted by molar-refractivity contribution is 7.14. The highest BCUT2D eigenvalue weighted by Crippen LogP contribution is 2.34. The van der Waals surface area contributed by atoms with Crippen molar-refractivity contribution in [2.24, 2.45) is 5.10 Å². The van der Waals surface area contributed by atoms with Gasteiger partial charge < -0.3 is 4.74 Å². The van der Waals surface area contributed by atoms with Crippen molar-refractivity contribution in [2.75, 3.05) is 5.43 Å². The van der Waals surface area contributed by atoms with Crippen molar-refractivity contribution in [1.29, 1.82) is 0 Å². The fourth-order valence-corrected chi connectivity index (χ4v) is 4.52. The molecule has 0 radical (unpaired) electrons. The summed E-state index contributed by atoms with van der Waals surface area (Å²) >= 11 is 1.47. The van der Waals surface area contributed by atoms with Crippen LogP contribution in [0.2, 0.25) is 0 Å². The molecule has 0 atom stereocenters. The second-order valence-corrected chi connectivity index (χ2v) is 8.35. The number of benzene rings is 2. The number of nitrogens with one attached hydrogen (secondary N) is 1. The van der Waals surface area contributed by atoms with Crippen molar-refractivity contribution in [3.8, 4) is 11.3 Å². The summed E-state index contributed by atoms with van der Waals surface area (Å²) in [5.41, 5.74) is 7.37. The molecule has 6 heteroatoms. The van der Waals surface area contributed by atoms with Crippen LogP contribution >= 0.6 is 11.3 Å². The van der Waals surface area contributed by atoms with Crippen molar-refractivity contribution >= 4 is 28.8 Å². The van der Waals surface area contributed by atoms with Gasteiger partial charge in [-0.2, -0.15) is 0 Å². The third-order valence-electron chi connectivity index (χ3n) is 5.45. The van der Waals surface area contributed by atoms with Crippen molar-refractivity contribution in [3.63, 3.8) is 0 Å². The first kappa shape index (κ1) is 20.3. The van der Waals surface area contributed by atoms with E-state index >= 15 is 0 Å². The molecule has 154 valence electrons. The van der Waals surface area contributed by atoms with Crippen LogP contribution < -0.4 is 5.43 Å². The summed E-state index contributed by atoms with van der Waals surface area (Å²) in [7, 11) is 0. The molecule has 0 unspecified atom stereocenters. The van der Waals surface area contributed by atoms with Crippen LogP contribution in [0.25, 0.3) is 11.3 Å². The summed E-state index contributed by atoms with van der Waals surface area (Å²) in [5, 5.41) is 6.88. The Morgan fingerprint density at radius 2 is 1.87 bits per heavy atom. The molecule has 1 aliphatic rings. The van der Waals surface area contributed by atoms with Crippen LogP contribution in [-0.4, -0.2) is 17.4 Å². The fourth-order valence-electron chi connectivity index (χ4n) is 3.86. The van der Waals surface area contributed by atoms with Gasteiger partial charge in [0, 0.05) is 10.9 Å². The number of hydrogen-bond donors (Lipinski definition) is 1. The molecule has 1 fully saturated rings. The van der Waals surface area contributed by atoms with Gasteiger partial charge in [-0.15, -0.1) is 16.4 Å². The molecule has 0 spiro atoms. The lowest BCUT2D eigenvalue weighted by Crippen LogP contribution is -2.10. The lowest BCUT2D eigenvalue weighted by Gasteiger charge is -2.22. The molecule has 0 aliphatic heterocycles. The molecule has 1 N–H and O–H groups in total. The first-order valence-corrected chi connectivity index (χ1v) is 11.2. The van der Waals surface area contributed by atoms with E-state index in [0.29, 0.717) is 29.8 Å². The van der Waals surface area contributed by atoms with E-state index in [-0.39, 0.29) is 0 Å². The zero-order chi connectivity index (χ0) is 20.6. The van der Waals surface area contributed by atoms with Gasteiger partial charge in [-0.25, -0.2) is 10.4 Å². The van der Waals surface area contributed by atoms with Crippen molar-refractivity contribution in [1.82, 2.24) is 4.98 Å². The number of hydrogen-bond acceptors (Lipinski definition) is 6. The van der Waals surface area contributed by atoms with Crippen LogP contribution in [0.5, 0.6) is 0 Å². The van der Waals surface area contributed by atoms with Gasteiger partial charge in [-0.1, -0.05) is 73.9 Å². The number of nitrogens with zero attached hydrogens (tertiary/aromatic N) is 2. The molecule has 2 aromatic carbocycles. The Labute approximate surface area is 180 Å². The minimum Gasteiger partial charge on any atom is -0.412 e. The van der Waals surface area contributed by atoms with Gasteiger partial charge >= 0.3 is 0 Å². The summed E-state index contributed by atoms with van der Waals surface area (Å²) in [6.07, 6.45) is 7.08. The van der Waals surface area contributed by atoms with E-state index in [1.54, 1.807) is 0 Å². The molecule has 1 aliphatic carbocycles. The Morgan fingerprint density at radius 3 is 2.60 bits per heavy atom. The van der Waals surface area contributed by atoms with E-state index in [9.17, 15) is 4.79 Å². The van der Waals surface area contributed by atoms with Crippen LogP contribution in [0.15, 0.2) is 65.1 Å². The summed E-state index contributed by atoms with van der Waals surface area (Å²) in [4.78, 5) is 15.4. The second kappa shape index (κ2) is 10.2. The summed E-state index contributed by atoms with van der Waals surface area (Å²) in [6.45, 7) is 0.393. The number of carbonyl (C=O) groups excluding carboxylic acids is 1. The number of aromatic nitrogens is 1. The Hall–Kier alpha value is -2.99. The SMILES string of the molecule is O=CO/C(Cc1ccccc1)=N/Nc1nc(-c2ccc(C3CCCCC3)cc2)cs1. The summed E-state index contributed by atoms with van der Waals surface area (Å²) in [5.74, 6) is 1.00. The van der Waals surface area contributed by atoms with Crippen LogP contribution in [-0.2, 0) is 16.0 Å². The van der Waals surface area contributed by atoms with Gasteiger partial charge in [0.05, 0.1) is 12.1 Å². The van der Waals surface area contributed by atoms with Crippen LogP contribution in [0.1, 0.15) is 49.1 Å². The maximum atomic E-state index is 10.8. The maximum Gasteiger partial charge on any atom is 0.299 e. The lowest BCUT2D eigenvalue weighted by molar-refractivity contribution is -0.121. The largest absolute Gasteiger partial charge is 0.412 e. The van der Waals surface area contributed by atoms with E-state index in [1.807, 2.05) is 35.7 Å². The van der Waals surface area contributed by atoms with Crippen molar-refractivity contribution < 1.29 is 9.53 Å². The normalized spacial score (nSPS) is 15.0. The van der Waals surface area contributed by atoms with Crippen molar-refractivity contribution in [3.05, 3.63) is 71.1 Å². The third-order valence-corrected chi connectivity index (χ3v) is 6.19. The fraction of sp³-hybridized carbons (Fsp3) is 0.292. The maximum absolute atomic E-state index is 10.8. The van der Waals surface area contributed by atoms with Gasteiger partial charge in [-0.3, -0.25) is 4.79 Å². The molecule has 1 heterocycles. The average Bonchev–Trinajstić information content (AvgIpc) is 3.28. The van der Waals surface area contributed by atoms with E-state index < -0.39 is 0 Å². The summed E-state index contributed by atoms with van der Waals surface area (Å²) < 4.78 is 5.01. The van der Waals surface area contributed by atoms with E-state index in [1.165, 1.54) is 49.0 Å². The van der Waals surface area contributed by atoms with Crippen molar-refractivity contribution in [2.45, 2.75) is 44.4 Å². The quantitative estimate of drug-likeness (QED) is 0.221. The number of anilines is 1. The molecular formula is C24H25N3O2S. The third kappa shape index (κ3) is 5.33. The zero-order valence-electron chi connectivity index (χ0n) is 16.8. The zero-order valence-corrected chi connectivity index (χ0v) is 17.6. The molecular weight excluding hydrogens is 394 g/mol. The molecule has 0 amide bonds. The van der Waals surface area contributed by atoms with Gasteiger partial charge in [0.15, 0.2) is 0 Å². The molecule has 1 saturated carbocycles. The van der Waals surface area contributed by atoms with Crippen LogP contribution in [0.3, 0.4) is 0 Å². The molecule has 0 bridgehead atoms. The van der Waals surface area contributed by atoms with E-state index in [4.69, 9.17) is 4.74 Å². The van der Waals surface area contributed by atoms with Gasteiger partial charge in [0.25, 0.3) is 6.47 Å². The van der Waals surface area contributed by atoms with Crippen LogP contribution in [0, 0.1) is 0 Å². The molecule has 3 aromatic rings. The Balaban J connectivity index is 1.41. The Bertz CT molecular complexity index is 977. The first-order chi connectivity index (χ1) is 14.8. The molecule has 0 saturated heterocycles. The molecule has 4 rings (SSSR count). The number of carbonyl (C=O) groups is 1. The topological polar surface area (TPSA) is 63.6 Å². The van der Waals surface area contributed by atoms with Crippen LogP contribution in [0.4, 0.5) is 5.13 Å². The number of rotatable bonds is 7.